The summed E-state index contributed by atoms with van der Waals surface area (Å²) in [7, 11) is 0. The third-order valence-corrected chi connectivity index (χ3v) is 0.845. The molecule has 0 bridgehead atoms. The van der Waals surface area contributed by atoms with E-state index in [4.69, 9.17) is 0 Å². The Morgan fingerprint density at radius 2 is 2.10 bits per heavy atom. The monoisotopic (exact) mass is 151 g/mol. The lowest BCUT2D eigenvalue weighted by Crippen LogP contribution is -2.22. The van der Waals surface area contributed by atoms with Crippen LogP contribution in [0.2, 0.25) is 0 Å². The summed E-state index contributed by atoms with van der Waals surface area (Å²) in [6.07, 6.45) is -4.00. The molecule has 0 unspecified atom stereocenters. The number of allylic oxidation sites excluding steroid dienone is 1. The second-order valence-electron chi connectivity index (χ2n) is 1.59. The maximum Gasteiger partial charge on any atom is 0.435 e. The van der Waals surface area contributed by atoms with Crippen LogP contribution in [0.25, 0.3) is 0 Å². The van der Waals surface area contributed by atoms with Gasteiger partial charge in [0.2, 0.25) is 0 Å². The molecular formula is C4H2F3N2O. The standard InChI is InChI=1S/C4H2F3N2O/c5-4(6,7)2-1-8-3(10)9-2/h1H,(H,8,10). The Bertz CT molecular complexity index is 195. The number of alkyl halides is 3. The Balaban J connectivity index is 2.69. The van der Waals surface area contributed by atoms with Crippen LogP contribution in [0.1, 0.15) is 0 Å². The van der Waals surface area contributed by atoms with Crippen molar-refractivity contribution in [3.63, 3.8) is 0 Å². The maximum absolute atomic E-state index is 11.6. The van der Waals surface area contributed by atoms with Crippen LogP contribution < -0.4 is 10.6 Å². The van der Waals surface area contributed by atoms with Gasteiger partial charge in [0.05, 0.1) is 0 Å². The first kappa shape index (κ1) is 6.91. The van der Waals surface area contributed by atoms with Crippen LogP contribution in [0.15, 0.2) is 11.9 Å². The van der Waals surface area contributed by atoms with Crippen LogP contribution in [-0.4, -0.2) is 12.2 Å². The van der Waals surface area contributed by atoms with Crippen molar-refractivity contribution >= 4 is 6.03 Å². The first-order valence-electron chi connectivity index (χ1n) is 2.30. The van der Waals surface area contributed by atoms with Gasteiger partial charge in [0, 0.05) is 6.20 Å². The zero-order valence-electron chi connectivity index (χ0n) is 4.57. The second kappa shape index (κ2) is 1.89. The molecule has 1 radical (unpaired) electrons. The highest BCUT2D eigenvalue weighted by molar-refractivity contribution is 5.79. The fraction of sp³-hybridized carbons (Fsp3) is 0.250. The van der Waals surface area contributed by atoms with E-state index >= 15 is 0 Å². The molecule has 0 saturated heterocycles. The zero-order valence-corrected chi connectivity index (χ0v) is 4.57. The summed E-state index contributed by atoms with van der Waals surface area (Å²) in [6.45, 7) is 0. The quantitative estimate of drug-likeness (QED) is 0.544. The number of amides is 2. The first-order valence-corrected chi connectivity index (χ1v) is 2.30. The number of nitrogens with zero attached hydrogens (tertiary/aromatic N) is 1. The molecular weight excluding hydrogens is 149 g/mol. The molecule has 0 atom stereocenters. The van der Waals surface area contributed by atoms with Crippen molar-refractivity contribution in [1.82, 2.24) is 10.6 Å². The van der Waals surface area contributed by atoms with Gasteiger partial charge >= 0.3 is 12.2 Å². The Morgan fingerprint density at radius 3 is 2.30 bits per heavy atom. The van der Waals surface area contributed by atoms with Gasteiger partial charge in [0.15, 0.2) is 5.70 Å². The van der Waals surface area contributed by atoms with Gasteiger partial charge in [-0.2, -0.15) is 18.5 Å². The first-order chi connectivity index (χ1) is 4.50. The molecule has 1 aliphatic rings. The van der Waals surface area contributed by atoms with Crippen molar-refractivity contribution in [3.05, 3.63) is 11.9 Å². The highest BCUT2D eigenvalue weighted by Crippen LogP contribution is 2.24. The fourth-order valence-electron chi connectivity index (χ4n) is 0.449. The summed E-state index contributed by atoms with van der Waals surface area (Å²) in [4.78, 5) is 10.1. The van der Waals surface area contributed by atoms with Crippen LogP contribution in [0.4, 0.5) is 18.0 Å². The van der Waals surface area contributed by atoms with Crippen LogP contribution >= 0.6 is 0 Å². The molecule has 55 valence electrons. The number of nitrogens with one attached hydrogen (secondary N) is 1. The zero-order chi connectivity index (χ0) is 7.78. The normalized spacial score (nSPS) is 17.9. The summed E-state index contributed by atoms with van der Waals surface area (Å²) in [5, 5.41) is 4.43. The summed E-state index contributed by atoms with van der Waals surface area (Å²) in [5.74, 6) is 0. The van der Waals surface area contributed by atoms with Crippen molar-refractivity contribution in [3.8, 4) is 0 Å². The molecule has 0 spiro atoms. The number of urea groups is 1. The third kappa shape index (κ3) is 1.20. The van der Waals surface area contributed by atoms with Crippen LogP contribution in [0.5, 0.6) is 0 Å². The van der Waals surface area contributed by atoms with E-state index in [1.807, 2.05) is 0 Å². The topological polar surface area (TPSA) is 43.2 Å². The summed E-state index contributed by atoms with van der Waals surface area (Å²) in [6, 6.07) is -0.979. The predicted octanol–water partition coefficient (Wildman–Crippen LogP) is 0.718. The van der Waals surface area contributed by atoms with Crippen LogP contribution in [-0.2, 0) is 0 Å². The SMILES string of the molecule is O=C1[N]C(C(F)(F)F)=CN1. The lowest BCUT2D eigenvalue weighted by Gasteiger charge is -2.02. The van der Waals surface area contributed by atoms with Crippen molar-refractivity contribution in [1.29, 1.82) is 0 Å². The molecule has 0 saturated carbocycles. The molecule has 1 N–H and O–H groups in total. The van der Waals surface area contributed by atoms with Gasteiger partial charge in [0.25, 0.3) is 0 Å². The van der Waals surface area contributed by atoms with E-state index in [0.29, 0.717) is 6.20 Å². The lowest BCUT2D eigenvalue weighted by molar-refractivity contribution is -0.0951. The van der Waals surface area contributed by atoms with Gasteiger partial charge < -0.3 is 5.32 Å². The van der Waals surface area contributed by atoms with Gasteiger partial charge in [-0.3, -0.25) is 0 Å². The summed E-state index contributed by atoms with van der Waals surface area (Å²) < 4.78 is 34.7. The number of hydrogen-bond acceptors (Lipinski definition) is 1. The largest absolute Gasteiger partial charge is 0.435 e. The molecule has 0 aliphatic carbocycles. The van der Waals surface area contributed by atoms with Gasteiger partial charge in [-0.1, -0.05) is 0 Å². The van der Waals surface area contributed by atoms with Gasteiger partial charge in [-0.25, -0.2) is 4.79 Å². The third-order valence-electron chi connectivity index (χ3n) is 0.845. The van der Waals surface area contributed by atoms with Gasteiger partial charge in [0.1, 0.15) is 0 Å². The minimum Gasteiger partial charge on any atom is -0.311 e. The highest BCUT2D eigenvalue weighted by Gasteiger charge is 2.39. The Labute approximate surface area is 53.9 Å². The Hall–Kier alpha value is -1.20. The Morgan fingerprint density at radius 1 is 1.50 bits per heavy atom. The average Bonchev–Trinajstić information content (AvgIpc) is 2.11. The number of rotatable bonds is 0. The van der Waals surface area contributed by atoms with E-state index in [-0.39, 0.29) is 0 Å². The molecule has 0 aromatic carbocycles. The van der Waals surface area contributed by atoms with Gasteiger partial charge in [-0.05, 0) is 0 Å². The molecule has 3 nitrogen and oxygen atoms in total. The molecule has 6 heteroatoms. The molecule has 1 heterocycles. The summed E-state index contributed by atoms with van der Waals surface area (Å²) in [5.41, 5.74) is -1.18. The van der Waals surface area contributed by atoms with E-state index in [9.17, 15) is 18.0 Å². The molecule has 0 fully saturated rings. The van der Waals surface area contributed by atoms with E-state index in [0.717, 1.165) is 0 Å². The lowest BCUT2D eigenvalue weighted by atomic mass is 10.5. The van der Waals surface area contributed by atoms with Crippen molar-refractivity contribution in [2.45, 2.75) is 6.18 Å². The molecule has 0 aromatic rings. The second-order valence-corrected chi connectivity index (χ2v) is 1.59. The van der Waals surface area contributed by atoms with Crippen molar-refractivity contribution in [2.75, 3.05) is 0 Å². The fourth-order valence-corrected chi connectivity index (χ4v) is 0.449. The smallest absolute Gasteiger partial charge is 0.311 e. The Kier molecular flexibility index (Phi) is 1.31. The van der Waals surface area contributed by atoms with Gasteiger partial charge in [-0.15, -0.1) is 0 Å². The molecule has 1 aliphatic heterocycles. The number of hydrogen-bond donors (Lipinski definition) is 1. The van der Waals surface area contributed by atoms with E-state index in [1.54, 1.807) is 5.32 Å². The minimum atomic E-state index is -4.53. The molecule has 10 heavy (non-hydrogen) atoms. The molecule has 1 rings (SSSR count). The highest BCUT2D eigenvalue weighted by atomic mass is 19.4. The maximum atomic E-state index is 11.6. The van der Waals surface area contributed by atoms with Crippen molar-refractivity contribution in [2.24, 2.45) is 0 Å². The van der Waals surface area contributed by atoms with Crippen LogP contribution in [0, 0.1) is 0 Å². The predicted molar refractivity (Wildman–Crippen MR) is 24.8 cm³/mol. The number of halogens is 3. The average molecular weight is 151 g/mol. The summed E-state index contributed by atoms with van der Waals surface area (Å²) >= 11 is 0. The molecule has 0 aromatic heterocycles. The van der Waals surface area contributed by atoms with Crippen molar-refractivity contribution < 1.29 is 18.0 Å². The number of carbonyl (C=O) groups excluding carboxylic acids is 1. The number of carbonyl (C=O) groups is 1. The molecule has 2 amide bonds. The van der Waals surface area contributed by atoms with Crippen LogP contribution in [0.3, 0.4) is 0 Å². The van der Waals surface area contributed by atoms with E-state index < -0.39 is 17.9 Å². The minimum absolute atomic E-state index is 0.530. The van der Waals surface area contributed by atoms with E-state index in [1.165, 1.54) is 0 Å². The van der Waals surface area contributed by atoms with E-state index in [2.05, 4.69) is 5.32 Å².